The molecule has 4 heteroatoms. The van der Waals surface area contributed by atoms with Gasteiger partial charge in [-0.3, -0.25) is 0 Å². The number of nitrogens with one attached hydrogen (secondary N) is 2. The van der Waals surface area contributed by atoms with E-state index in [1.165, 1.54) is 0 Å². The number of hydrogen-bond donors (Lipinski definition) is 2. The van der Waals surface area contributed by atoms with Gasteiger partial charge < -0.3 is 10.6 Å². The summed E-state index contributed by atoms with van der Waals surface area (Å²) in [5.41, 5.74) is 2.26. The lowest BCUT2D eigenvalue weighted by atomic mass is 10.1. The highest BCUT2D eigenvalue weighted by atomic mass is 16.2. The quantitative estimate of drug-likeness (QED) is 0.892. The molecule has 0 saturated carbocycles. The van der Waals surface area contributed by atoms with Crippen LogP contribution in [-0.2, 0) is 0 Å². The standard InChI is InChI=1S/C16H15N3O/c1-12(14-5-3-2-4-6-14)18-16(20)19-15-9-7-13(11-17)8-10-15/h2-10,12H,1H3,(H2,18,19,20). The third kappa shape index (κ3) is 3.59. The molecule has 2 N–H and O–H groups in total. The zero-order valence-electron chi connectivity index (χ0n) is 11.1. The molecule has 0 aliphatic rings. The number of nitrogens with zero attached hydrogens (tertiary/aromatic N) is 1. The maximum atomic E-state index is 11.9. The van der Waals surface area contributed by atoms with Crippen molar-refractivity contribution in [3.05, 3.63) is 65.7 Å². The summed E-state index contributed by atoms with van der Waals surface area (Å²) in [6, 6.07) is 18.2. The minimum Gasteiger partial charge on any atom is -0.331 e. The van der Waals surface area contributed by atoms with Gasteiger partial charge in [-0.1, -0.05) is 30.3 Å². The van der Waals surface area contributed by atoms with E-state index in [4.69, 9.17) is 5.26 Å². The van der Waals surface area contributed by atoms with Crippen molar-refractivity contribution in [3.63, 3.8) is 0 Å². The molecule has 0 heterocycles. The Morgan fingerprint density at radius 1 is 1.10 bits per heavy atom. The van der Waals surface area contributed by atoms with Crippen LogP contribution in [0.4, 0.5) is 10.5 Å². The van der Waals surface area contributed by atoms with E-state index >= 15 is 0 Å². The second kappa shape index (κ2) is 6.39. The first-order valence-corrected chi connectivity index (χ1v) is 6.31. The molecule has 0 fully saturated rings. The largest absolute Gasteiger partial charge is 0.331 e. The van der Waals surface area contributed by atoms with E-state index in [1.54, 1.807) is 24.3 Å². The highest BCUT2D eigenvalue weighted by molar-refractivity contribution is 5.89. The number of benzene rings is 2. The summed E-state index contributed by atoms with van der Waals surface area (Å²) in [7, 11) is 0. The molecule has 2 amide bonds. The highest BCUT2D eigenvalue weighted by Gasteiger charge is 2.08. The Hall–Kier alpha value is -2.80. The van der Waals surface area contributed by atoms with Crippen molar-refractivity contribution in [2.45, 2.75) is 13.0 Å². The predicted molar refractivity (Wildman–Crippen MR) is 78.2 cm³/mol. The van der Waals surface area contributed by atoms with Gasteiger partial charge >= 0.3 is 6.03 Å². The van der Waals surface area contributed by atoms with Crippen molar-refractivity contribution in [3.8, 4) is 6.07 Å². The molecule has 1 atom stereocenters. The number of hydrogen-bond acceptors (Lipinski definition) is 2. The van der Waals surface area contributed by atoms with Gasteiger partial charge in [-0.2, -0.15) is 5.26 Å². The van der Waals surface area contributed by atoms with Crippen molar-refractivity contribution in [2.24, 2.45) is 0 Å². The maximum Gasteiger partial charge on any atom is 0.319 e. The van der Waals surface area contributed by atoms with Gasteiger partial charge in [0.25, 0.3) is 0 Å². The Kier molecular flexibility index (Phi) is 4.35. The zero-order valence-corrected chi connectivity index (χ0v) is 11.1. The maximum absolute atomic E-state index is 11.9. The van der Waals surface area contributed by atoms with E-state index in [0.717, 1.165) is 5.56 Å². The summed E-state index contributed by atoms with van der Waals surface area (Å²) in [5, 5.41) is 14.3. The van der Waals surface area contributed by atoms with Gasteiger partial charge in [0.05, 0.1) is 17.7 Å². The smallest absolute Gasteiger partial charge is 0.319 e. The molecule has 0 spiro atoms. The van der Waals surface area contributed by atoms with Gasteiger partial charge in [-0.25, -0.2) is 4.79 Å². The van der Waals surface area contributed by atoms with Crippen LogP contribution in [0.5, 0.6) is 0 Å². The molecule has 2 rings (SSSR count). The molecule has 4 nitrogen and oxygen atoms in total. The third-order valence-electron chi connectivity index (χ3n) is 2.92. The topological polar surface area (TPSA) is 64.9 Å². The third-order valence-corrected chi connectivity index (χ3v) is 2.92. The van der Waals surface area contributed by atoms with Crippen molar-refractivity contribution in [1.82, 2.24) is 5.32 Å². The number of rotatable bonds is 3. The fourth-order valence-electron chi connectivity index (χ4n) is 1.82. The lowest BCUT2D eigenvalue weighted by Gasteiger charge is -2.15. The molecule has 0 bridgehead atoms. The van der Waals surface area contributed by atoms with E-state index in [-0.39, 0.29) is 12.1 Å². The first-order valence-electron chi connectivity index (χ1n) is 6.31. The van der Waals surface area contributed by atoms with Crippen LogP contribution < -0.4 is 10.6 Å². The van der Waals surface area contributed by atoms with Crippen molar-refractivity contribution in [1.29, 1.82) is 5.26 Å². The van der Waals surface area contributed by atoms with Gasteiger partial charge in [-0.05, 0) is 36.8 Å². The molecular weight excluding hydrogens is 250 g/mol. The molecule has 20 heavy (non-hydrogen) atoms. The normalized spacial score (nSPS) is 11.2. The molecule has 0 radical (unpaired) electrons. The average molecular weight is 265 g/mol. The molecule has 100 valence electrons. The fourth-order valence-corrected chi connectivity index (χ4v) is 1.82. The van der Waals surface area contributed by atoms with Crippen LogP contribution in [0.25, 0.3) is 0 Å². The average Bonchev–Trinajstić information content (AvgIpc) is 2.49. The van der Waals surface area contributed by atoms with Crippen molar-refractivity contribution in [2.75, 3.05) is 5.32 Å². The van der Waals surface area contributed by atoms with E-state index < -0.39 is 0 Å². The number of carbonyl (C=O) groups excluding carboxylic acids is 1. The van der Waals surface area contributed by atoms with E-state index in [2.05, 4.69) is 10.6 Å². The van der Waals surface area contributed by atoms with Crippen LogP contribution in [0.2, 0.25) is 0 Å². The number of carbonyl (C=O) groups is 1. The Bertz CT molecular complexity index is 614. The molecule has 1 unspecified atom stereocenters. The van der Waals surface area contributed by atoms with Crippen molar-refractivity contribution >= 4 is 11.7 Å². The number of urea groups is 1. The minimum absolute atomic E-state index is 0.0745. The highest BCUT2D eigenvalue weighted by Crippen LogP contribution is 2.12. The van der Waals surface area contributed by atoms with Crippen LogP contribution in [0.1, 0.15) is 24.1 Å². The Morgan fingerprint density at radius 3 is 2.35 bits per heavy atom. The van der Waals surface area contributed by atoms with Crippen LogP contribution in [0, 0.1) is 11.3 Å². The molecule has 0 aliphatic carbocycles. The van der Waals surface area contributed by atoms with E-state index in [0.29, 0.717) is 11.3 Å². The molecular formula is C16H15N3O. The molecule has 2 aromatic carbocycles. The zero-order chi connectivity index (χ0) is 14.4. The number of anilines is 1. The summed E-state index contributed by atoms with van der Waals surface area (Å²) in [4.78, 5) is 11.9. The van der Waals surface area contributed by atoms with Crippen molar-refractivity contribution < 1.29 is 4.79 Å². The van der Waals surface area contributed by atoms with Crippen LogP contribution >= 0.6 is 0 Å². The molecule has 2 aromatic rings. The molecule has 0 saturated heterocycles. The Labute approximate surface area is 118 Å². The lowest BCUT2D eigenvalue weighted by Crippen LogP contribution is -2.31. The van der Waals surface area contributed by atoms with Crippen LogP contribution in [0.15, 0.2) is 54.6 Å². The van der Waals surface area contributed by atoms with Crippen LogP contribution in [0.3, 0.4) is 0 Å². The summed E-state index contributed by atoms with van der Waals surface area (Å²) in [5.74, 6) is 0. The minimum atomic E-state index is -0.272. The summed E-state index contributed by atoms with van der Waals surface area (Å²) in [6.07, 6.45) is 0. The van der Waals surface area contributed by atoms with Gasteiger partial charge in [-0.15, -0.1) is 0 Å². The molecule has 0 aliphatic heterocycles. The second-order valence-corrected chi connectivity index (χ2v) is 4.42. The summed E-state index contributed by atoms with van der Waals surface area (Å²) >= 11 is 0. The summed E-state index contributed by atoms with van der Waals surface area (Å²) in [6.45, 7) is 1.92. The van der Waals surface area contributed by atoms with Gasteiger partial charge in [0.2, 0.25) is 0 Å². The van der Waals surface area contributed by atoms with Crippen LogP contribution in [-0.4, -0.2) is 6.03 Å². The van der Waals surface area contributed by atoms with E-state index in [1.807, 2.05) is 43.3 Å². The van der Waals surface area contributed by atoms with Gasteiger partial charge in [0.1, 0.15) is 0 Å². The first kappa shape index (κ1) is 13.6. The molecule has 0 aromatic heterocycles. The Balaban J connectivity index is 1.93. The first-order chi connectivity index (χ1) is 9.69. The predicted octanol–water partition coefficient (Wildman–Crippen LogP) is 3.44. The van der Waals surface area contributed by atoms with Gasteiger partial charge in [0.15, 0.2) is 0 Å². The number of nitriles is 1. The van der Waals surface area contributed by atoms with E-state index in [9.17, 15) is 4.79 Å². The van der Waals surface area contributed by atoms with Gasteiger partial charge in [0, 0.05) is 5.69 Å². The lowest BCUT2D eigenvalue weighted by molar-refractivity contribution is 0.249. The number of amides is 2. The monoisotopic (exact) mass is 265 g/mol. The Morgan fingerprint density at radius 2 is 1.75 bits per heavy atom. The summed E-state index contributed by atoms with van der Waals surface area (Å²) < 4.78 is 0. The SMILES string of the molecule is CC(NC(=O)Nc1ccc(C#N)cc1)c1ccccc1. The fraction of sp³-hybridized carbons (Fsp3) is 0.125. The second-order valence-electron chi connectivity index (χ2n) is 4.42.